The van der Waals surface area contributed by atoms with Crippen molar-refractivity contribution < 1.29 is 9.18 Å². The second-order valence-electron chi connectivity index (χ2n) is 9.68. The first-order valence-corrected chi connectivity index (χ1v) is 12.3. The summed E-state index contributed by atoms with van der Waals surface area (Å²) in [6.45, 7) is 9.43. The molecule has 1 aliphatic heterocycles. The predicted molar refractivity (Wildman–Crippen MR) is 145 cm³/mol. The van der Waals surface area contributed by atoms with Crippen molar-refractivity contribution in [3.05, 3.63) is 106 Å². The Balaban J connectivity index is 1.67. The van der Waals surface area contributed by atoms with Gasteiger partial charge in [0.15, 0.2) is 11.2 Å². The maximum Gasteiger partial charge on any atom is 0.200 e. The van der Waals surface area contributed by atoms with Crippen molar-refractivity contribution in [2.75, 3.05) is 18.0 Å². The van der Waals surface area contributed by atoms with Crippen molar-refractivity contribution in [1.29, 1.82) is 0 Å². The molecule has 4 nitrogen and oxygen atoms in total. The van der Waals surface area contributed by atoms with Crippen molar-refractivity contribution in [2.24, 2.45) is 5.92 Å². The molecule has 1 aliphatic rings. The molecule has 2 heterocycles. The van der Waals surface area contributed by atoms with E-state index in [1.54, 1.807) is 12.3 Å². The van der Waals surface area contributed by atoms with Crippen LogP contribution in [0.4, 0.5) is 10.1 Å². The largest absolute Gasteiger partial charge is 0.368 e. The van der Waals surface area contributed by atoms with Crippen LogP contribution in [0.3, 0.4) is 0 Å². The summed E-state index contributed by atoms with van der Waals surface area (Å²) in [7, 11) is 0. The normalized spacial score (nSPS) is 15.4. The molecule has 0 amide bonds. The fourth-order valence-electron chi connectivity index (χ4n) is 5.21. The summed E-state index contributed by atoms with van der Waals surface area (Å²) in [6.07, 6.45) is 4.23. The second kappa shape index (κ2) is 9.57. The van der Waals surface area contributed by atoms with Gasteiger partial charge in [-0.3, -0.25) is 9.59 Å². The van der Waals surface area contributed by atoms with Crippen LogP contribution in [0.2, 0.25) is 0 Å². The molecule has 4 aromatic rings. The highest BCUT2D eigenvalue weighted by atomic mass is 19.1. The first-order chi connectivity index (χ1) is 17.4. The molecular formula is C31H29FN2O2. The van der Waals surface area contributed by atoms with Crippen LogP contribution in [0.25, 0.3) is 28.1 Å². The lowest BCUT2D eigenvalue weighted by molar-refractivity contribution is 0.101. The third kappa shape index (κ3) is 4.26. The van der Waals surface area contributed by atoms with E-state index in [9.17, 15) is 9.59 Å². The van der Waals surface area contributed by atoms with E-state index in [4.69, 9.17) is 0 Å². The number of nitrogens with zero attached hydrogens (tertiary/aromatic N) is 2. The number of hydrogen-bond acceptors (Lipinski definition) is 3. The number of benzene rings is 3. The zero-order valence-corrected chi connectivity index (χ0v) is 20.6. The Morgan fingerprint density at radius 3 is 2.42 bits per heavy atom. The predicted octanol–water partition coefficient (Wildman–Crippen LogP) is 6.55. The zero-order chi connectivity index (χ0) is 25.4. The lowest BCUT2D eigenvalue weighted by atomic mass is 10.0. The van der Waals surface area contributed by atoms with E-state index in [1.165, 1.54) is 13.0 Å². The molecule has 36 heavy (non-hydrogen) atoms. The first kappa shape index (κ1) is 23.7. The minimum Gasteiger partial charge on any atom is -0.368 e. The van der Waals surface area contributed by atoms with Gasteiger partial charge in [-0.2, -0.15) is 0 Å². The third-order valence-corrected chi connectivity index (χ3v) is 7.06. The van der Waals surface area contributed by atoms with Crippen molar-refractivity contribution in [1.82, 2.24) is 4.57 Å². The fourth-order valence-corrected chi connectivity index (χ4v) is 5.21. The van der Waals surface area contributed by atoms with Crippen molar-refractivity contribution in [3.63, 3.8) is 0 Å². The fraction of sp³-hybridized carbons (Fsp3) is 0.226. The van der Waals surface area contributed by atoms with Gasteiger partial charge in [-0.05, 0) is 42.0 Å². The zero-order valence-electron chi connectivity index (χ0n) is 20.6. The summed E-state index contributed by atoms with van der Waals surface area (Å²) in [5.74, 6) is -0.334. The highest BCUT2D eigenvalue weighted by Gasteiger charge is 2.27. The van der Waals surface area contributed by atoms with Gasteiger partial charge in [0.25, 0.3) is 0 Å². The number of ketones is 1. The average Bonchev–Trinajstić information content (AvgIpc) is 3.31. The molecule has 0 saturated carbocycles. The molecule has 3 aromatic carbocycles. The molecule has 1 fully saturated rings. The minimum atomic E-state index is -0.455. The number of rotatable bonds is 6. The number of anilines is 1. The number of hydrogen-bond donors (Lipinski definition) is 0. The van der Waals surface area contributed by atoms with E-state index in [-0.39, 0.29) is 16.7 Å². The van der Waals surface area contributed by atoms with Gasteiger partial charge < -0.3 is 9.47 Å². The molecule has 0 radical (unpaired) electrons. The summed E-state index contributed by atoms with van der Waals surface area (Å²) in [5, 5.41) is 0.201. The average molecular weight is 481 g/mol. The first-order valence-electron chi connectivity index (χ1n) is 12.3. The molecule has 1 aromatic heterocycles. The monoisotopic (exact) mass is 480 g/mol. The van der Waals surface area contributed by atoms with E-state index in [0.29, 0.717) is 29.2 Å². The van der Waals surface area contributed by atoms with E-state index in [0.717, 1.165) is 36.2 Å². The standard InChI is InChI=1S/C31H29FN2O2/c1-4-25-29-26(16-28(32)30(25)33-15-14-20(2)17-33)31(36)27(21(3)35)19-34(29)18-22-10-12-24(13-11-22)23-8-6-5-7-9-23/h4-13,16,19-20H,1,14-15,17-18H2,2-3H3. The van der Waals surface area contributed by atoms with Crippen LogP contribution in [0.15, 0.2) is 78.2 Å². The lowest BCUT2D eigenvalue weighted by Crippen LogP contribution is -2.24. The molecule has 0 aliphatic carbocycles. The summed E-state index contributed by atoms with van der Waals surface area (Å²) in [6, 6.07) is 19.6. The third-order valence-electron chi connectivity index (χ3n) is 7.06. The molecule has 1 saturated heterocycles. The SMILES string of the molecule is C=Cc1c(N2CCC(C)C2)c(F)cc2c(=O)c(C(C)=O)cn(Cc3ccc(-c4ccccc4)cc3)c12. The van der Waals surface area contributed by atoms with Crippen molar-refractivity contribution in [2.45, 2.75) is 26.8 Å². The Morgan fingerprint density at radius 2 is 1.81 bits per heavy atom. The molecular weight excluding hydrogens is 451 g/mol. The van der Waals surface area contributed by atoms with E-state index in [1.807, 2.05) is 39.8 Å². The molecule has 1 atom stereocenters. The maximum atomic E-state index is 15.5. The molecule has 5 rings (SSSR count). The maximum absolute atomic E-state index is 15.5. The number of carbonyl (C=O) groups excluding carboxylic acids is 1. The molecule has 0 spiro atoms. The van der Waals surface area contributed by atoms with Crippen LogP contribution < -0.4 is 10.3 Å². The molecule has 0 N–H and O–H groups in total. The highest BCUT2D eigenvalue weighted by molar-refractivity contribution is 6.00. The van der Waals surface area contributed by atoms with E-state index < -0.39 is 11.2 Å². The van der Waals surface area contributed by atoms with Gasteiger partial charge in [0.05, 0.1) is 22.2 Å². The topological polar surface area (TPSA) is 42.3 Å². The molecule has 0 bridgehead atoms. The van der Waals surface area contributed by atoms with Crippen molar-refractivity contribution >= 4 is 28.4 Å². The van der Waals surface area contributed by atoms with Crippen LogP contribution in [-0.4, -0.2) is 23.4 Å². The summed E-state index contributed by atoms with van der Waals surface area (Å²) < 4.78 is 17.4. The summed E-state index contributed by atoms with van der Waals surface area (Å²) >= 11 is 0. The highest BCUT2D eigenvalue weighted by Crippen LogP contribution is 2.35. The number of aromatic nitrogens is 1. The van der Waals surface area contributed by atoms with Crippen LogP contribution >= 0.6 is 0 Å². The molecule has 1 unspecified atom stereocenters. The van der Waals surface area contributed by atoms with Gasteiger partial charge in [-0.15, -0.1) is 0 Å². The molecule has 5 heteroatoms. The smallest absolute Gasteiger partial charge is 0.200 e. The van der Waals surface area contributed by atoms with Gasteiger partial charge in [0.1, 0.15) is 5.82 Å². The van der Waals surface area contributed by atoms with Gasteiger partial charge in [0, 0.05) is 31.4 Å². The Hall–Kier alpha value is -3.99. The van der Waals surface area contributed by atoms with Crippen LogP contribution in [0.1, 0.15) is 41.8 Å². The number of halogens is 1. The summed E-state index contributed by atoms with van der Waals surface area (Å²) in [4.78, 5) is 27.6. The molecule has 182 valence electrons. The Labute approximate surface area is 210 Å². The van der Waals surface area contributed by atoms with Gasteiger partial charge in [0.2, 0.25) is 0 Å². The van der Waals surface area contributed by atoms with Crippen LogP contribution in [0.5, 0.6) is 0 Å². The van der Waals surface area contributed by atoms with E-state index >= 15 is 4.39 Å². The number of pyridine rings is 1. The number of Topliss-reactive ketones (excluding diaryl/α,β-unsaturated/α-hetero) is 1. The Bertz CT molecular complexity index is 1520. The van der Waals surface area contributed by atoms with Gasteiger partial charge >= 0.3 is 0 Å². The Morgan fingerprint density at radius 1 is 1.11 bits per heavy atom. The van der Waals surface area contributed by atoms with Gasteiger partial charge in [-0.25, -0.2) is 4.39 Å². The quantitative estimate of drug-likeness (QED) is 0.294. The van der Waals surface area contributed by atoms with Crippen LogP contribution in [-0.2, 0) is 6.54 Å². The second-order valence-corrected chi connectivity index (χ2v) is 9.68. The lowest BCUT2D eigenvalue weighted by Gasteiger charge is -2.24. The number of fused-ring (bicyclic) bond motifs is 1. The number of carbonyl (C=O) groups is 1. The summed E-state index contributed by atoms with van der Waals surface area (Å²) in [5.41, 5.74) is 4.51. The van der Waals surface area contributed by atoms with E-state index in [2.05, 4.69) is 37.8 Å². The Kier molecular flexibility index (Phi) is 6.31. The van der Waals surface area contributed by atoms with Crippen molar-refractivity contribution in [3.8, 4) is 11.1 Å². The van der Waals surface area contributed by atoms with Crippen LogP contribution in [0, 0.1) is 11.7 Å². The minimum absolute atomic E-state index is 0.0559. The van der Waals surface area contributed by atoms with Gasteiger partial charge in [-0.1, -0.05) is 74.2 Å².